The van der Waals surface area contributed by atoms with Crippen molar-refractivity contribution in [3.63, 3.8) is 0 Å². The molecule has 0 spiro atoms. The summed E-state index contributed by atoms with van der Waals surface area (Å²) >= 11 is 0. The van der Waals surface area contributed by atoms with Gasteiger partial charge in [0.05, 0.1) is 12.7 Å². The molecule has 1 N–H and O–H groups in total. The summed E-state index contributed by atoms with van der Waals surface area (Å²) in [6.45, 7) is 0. The number of nitrogens with one attached hydrogen (secondary N) is 1. The molecule has 5 nitrogen and oxygen atoms in total. The second kappa shape index (κ2) is 7.34. The average Bonchev–Trinajstić information content (AvgIpc) is 3.44. The summed E-state index contributed by atoms with van der Waals surface area (Å²) in [6, 6.07) is 12.1. The van der Waals surface area contributed by atoms with Crippen molar-refractivity contribution in [1.82, 2.24) is 5.32 Å². The molecule has 1 fully saturated rings. The third kappa shape index (κ3) is 4.35. The van der Waals surface area contributed by atoms with Crippen molar-refractivity contribution in [2.24, 2.45) is 0 Å². The maximum absolute atomic E-state index is 13.2. The summed E-state index contributed by atoms with van der Waals surface area (Å²) in [5, 5.41) is 2.89. The van der Waals surface area contributed by atoms with Crippen molar-refractivity contribution in [1.29, 1.82) is 0 Å². The van der Waals surface area contributed by atoms with E-state index in [4.69, 9.17) is 4.74 Å². The van der Waals surface area contributed by atoms with Crippen LogP contribution in [-0.4, -0.2) is 25.0 Å². The lowest BCUT2D eigenvalue weighted by molar-refractivity contribution is -0.128. The first-order chi connectivity index (χ1) is 12.1. The lowest BCUT2D eigenvalue weighted by atomic mass is 10.1. The number of hydrogen-bond donors (Lipinski definition) is 1. The molecule has 0 aromatic heterocycles. The first-order valence-corrected chi connectivity index (χ1v) is 7.97. The Morgan fingerprint density at radius 2 is 1.72 bits per heavy atom. The fraction of sp³-hybridized carbons (Fsp3) is 0.263. The molecule has 3 rings (SSSR count). The van der Waals surface area contributed by atoms with Crippen LogP contribution < -0.4 is 10.1 Å². The van der Waals surface area contributed by atoms with E-state index in [1.807, 2.05) is 0 Å². The van der Waals surface area contributed by atoms with Crippen LogP contribution in [0, 0.1) is 5.82 Å². The highest BCUT2D eigenvalue weighted by atomic mass is 19.1. The number of amides is 1. The lowest BCUT2D eigenvalue weighted by Crippen LogP contribution is -2.33. The van der Waals surface area contributed by atoms with E-state index in [1.165, 1.54) is 31.4 Å². The molecule has 0 saturated heterocycles. The van der Waals surface area contributed by atoms with E-state index in [-0.39, 0.29) is 17.8 Å². The van der Waals surface area contributed by atoms with Crippen LogP contribution in [0.3, 0.4) is 0 Å². The number of hydrogen-bond acceptors (Lipinski definition) is 4. The van der Waals surface area contributed by atoms with Gasteiger partial charge in [0.25, 0.3) is 5.91 Å². The minimum absolute atomic E-state index is 0.181. The molecule has 0 aliphatic heterocycles. The van der Waals surface area contributed by atoms with Crippen molar-refractivity contribution in [3.05, 3.63) is 65.5 Å². The summed E-state index contributed by atoms with van der Waals surface area (Å²) in [5.74, 6) is -0.681. The van der Waals surface area contributed by atoms with Crippen molar-refractivity contribution in [2.75, 3.05) is 7.11 Å². The molecule has 2 aromatic carbocycles. The van der Waals surface area contributed by atoms with Crippen LogP contribution in [0.2, 0.25) is 0 Å². The molecule has 25 heavy (non-hydrogen) atoms. The Bertz CT molecular complexity index is 754. The standard InChI is InChI=1S/C19H18FNO4/c1-24-19(23)13-4-10-16(11-5-13)25-17(18(22)21-15-8-9-15)12-2-6-14(20)7-3-12/h2-7,10-11,15,17H,8-9H2,1H3,(H,21,22)/t17-/m1/s1. The fourth-order valence-electron chi connectivity index (χ4n) is 2.34. The van der Waals surface area contributed by atoms with Crippen molar-refractivity contribution in [2.45, 2.75) is 25.0 Å². The van der Waals surface area contributed by atoms with Gasteiger partial charge in [-0.25, -0.2) is 9.18 Å². The Labute approximate surface area is 144 Å². The highest BCUT2D eigenvalue weighted by Gasteiger charge is 2.29. The largest absolute Gasteiger partial charge is 0.476 e. The van der Waals surface area contributed by atoms with Crippen molar-refractivity contribution < 1.29 is 23.5 Å². The van der Waals surface area contributed by atoms with E-state index in [1.54, 1.807) is 24.3 Å². The van der Waals surface area contributed by atoms with Crippen LogP contribution in [0.4, 0.5) is 4.39 Å². The van der Waals surface area contributed by atoms with E-state index < -0.39 is 12.1 Å². The van der Waals surface area contributed by atoms with Crippen LogP contribution >= 0.6 is 0 Å². The smallest absolute Gasteiger partial charge is 0.337 e. The van der Waals surface area contributed by atoms with E-state index in [2.05, 4.69) is 10.1 Å². The summed E-state index contributed by atoms with van der Waals surface area (Å²) in [5.41, 5.74) is 0.937. The number of ether oxygens (including phenoxy) is 2. The molecular weight excluding hydrogens is 325 g/mol. The van der Waals surface area contributed by atoms with Gasteiger partial charge in [-0.1, -0.05) is 12.1 Å². The highest BCUT2D eigenvalue weighted by Crippen LogP contribution is 2.26. The quantitative estimate of drug-likeness (QED) is 0.819. The summed E-state index contributed by atoms with van der Waals surface area (Å²) in [7, 11) is 1.31. The number of esters is 1. The maximum atomic E-state index is 13.2. The molecule has 0 radical (unpaired) electrons. The average molecular weight is 343 g/mol. The molecule has 2 aromatic rings. The number of methoxy groups -OCH3 is 1. The number of rotatable bonds is 6. The van der Waals surface area contributed by atoms with Gasteiger partial charge in [0, 0.05) is 11.6 Å². The Morgan fingerprint density at radius 3 is 2.28 bits per heavy atom. The molecule has 0 heterocycles. The van der Waals surface area contributed by atoms with Crippen LogP contribution in [0.1, 0.15) is 34.9 Å². The first kappa shape index (κ1) is 17.0. The fourth-order valence-corrected chi connectivity index (χ4v) is 2.34. The third-order valence-corrected chi connectivity index (χ3v) is 3.86. The van der Waals surface area contributed by atoms with Gasteiger partial charge in [-0.15, -0.1) is 0 Å². The summed E-state index contributed by atoms with van der Waals surface area (Å²) in [4.78, 5) is 24.0. The predicted octanol–water partition coefficient (Wildman–Crippen LogP) is 3.01. The summed E-state index contributed by atoms with van der Waals surface area (Å²) in [6.07, 6.45) is 1.01. The molecule has 1 aliphatic carbocycles. The third-order valence-electron chi connectivity index (χ3n) is 3.86. The van der Waals surface area contributed by atoms with E-state index in [0.29, 0.717) is 16.9 Å². The lowest BCUT2D eigenvalue weighted by Gasteiger charge is -2.19. The zero-order valence-electron chi connectivity index (χ0n) is 13.7. The summed E-state index contributed by atoms with van der Waals surface area (Å²) < 4.78 is 23.6. The Morgan fingerprint density at radius 1 is 1.08 bits per heavy atom. The topological polar surface area (TPSA) is 64.6 Å². The molecule has 1 saturated carbocycles. The number of carbonyl (C=O) groups excluding carboxylic acids is 2. The van der Waals surface area contributed by atoms with E-state index in [9.17, 15) is 14.0 Å². The van der Waals surface area contributed by atoms with Crippen LogP contribution in [-0.2, 0) is 9.53 Å². The van der Waals surface area contributed by atoms with Crippen LogP contribution in [0.15, 0.2) is 48.5 Å². The molecule has 1 amide bonds. The minimum Gasteiger partial charge on any atom is -0.476 e. The van der Waals surface area contributed by atoms with Crippen molar-refractivity contribution in [3.8, 4) is 5.75 Å². The molecule has 0 unspecified atom stereocenters. The van der Waals surface area contributed by atoms with Gasteiger partial charge in [0.1, 0.15) is 11.6 Å². The Hall–Kier alpha value is -2.89. The van der Waals surface area contributed by atoms with E-state index in [0.717, 1.165) is 12.8 Å². The second-order valence-electron chi connectivity index (χ2n) is 5.85. The molecule has 1 aliphatic rings. The van der Waals surface area contributed by atoms with Crippen LogP contribution in [0.25, 0.3) is 0 Å². The molecular formula is C19H18FNO4. The Balaban J connectivity index is 1.79. The molecule has 6 heteroatoms. The normalized spacial score (nSPS) is 14.5. The molecule has 130 valence electrons. The molecule has 1 atom stereocenters. The van der Waals surface area contributed by atoms with Gasteiger partial charge >= 0.3 is 5.97 Å². The number of halogens is 1. The zero-order valence-corrected chi connectivity index (χ0v) is 13.7. The van der Waals surface area contributed by atoms with Crippen molar-refractivity contribution >= 4 is 11.9 Å². The predicted molar refractivity (Wildman–Crippen MR) is 88.7 cm³/mol. The highest BCUT2D eigenvalue weighted by molar-refractivity contribution is 5.89. The first-order valence-electron chi connectivity index (χ1n) is 7.97. The van der Waals surface area contributed by atoms with Gasteiger partial charge in [0.15, 0.2) is 0 Å². The zero-order chi connectivity index (χ0) is 17.8. The van der Waals surface area contributed by atoms with Crippen LogP contribution in [0.5, 0.6) is 5.75 Å². The Kier molecular flexibility index (Phi) is 4.97. The second-order valence-corrected chi connectivity index (χ2v) is 5.85. The van der Waals surface area contributed by atoms with Gasteiger partial charge in [0.2, 0.25) is 6.10 Å². The number of benzene rings is 2. The van der Waals surface area contributed by atoms with Gasteiger partial charge in [-0.05, 0) is 49.2 Å². The van der Waals surface area contributed by atoms with Gasteiger partial charge in [-0.3, -0.25) is 4.79 Å². The number of carbonyl (C=O) groups is 2. The molecule has 0 bridgehead atoms. The maximum Gasteiger partial charge on any atom is 0.337 e. The van der Waals surface area contributed by atoms with Gasteiger partial charge in [-0.2, -0.15) is 0 Å². The van der Waals surface area contributed by atoms with E-state index >= 15 is 0 Å². The minimum atomic E-state index is -0.898. The van der Waals surface area contributed by atoms with Gasteiger partial charge < -0.3 is 14.8 Å². The monoisotopic (exact) mass is 343 g/mol. The SMILES string of the molecule is COC(=O)c1ccc(O[C@@H](C(=O)NC2CC2)c2ccc(F)cc2)cc1.